The third-order valence-corrected chi connectivity index (χ3v) is 5.11. The van der Waals surface area contributed by atoms with Gasteiger partial charge in [0.05, 0.1) is 6.10 Å². The van der Waals surface area contributed by atoms with Crippen LogP contribution < -0.4 is 15.4 Å². The lowest BCUT2D eigenvalue weighted by Crippen LogP contribution is -2.48. The Kier molecular flexibility index (Phi) is 7.61. The predicted molar refractivity (Wildman–Crippen MR) is 120 cm³/mol. The van der Waals surface area contributed by atoms with Crippen molar-refractivity contribution in [2.24, 2.45) is 0 Å². The summed E-state index contributed by atoms with van der Waals surface area (Å²) in [6.07, 6.45) is 2.11. The molecule has 1 amide bonds. The van der Waals surface area contributed by atoms with E-state index in [-0.39, 0.29) is 18.1 Å². The van der Waals surface area contributed by atoms with Gasteiger partial charge in [-0.2, -0.15) is 0 Å². The molecule has 0 saturated carbocycles. The number of amides is 1. The van der Waals surface area contributed by atoms with E-state index in [1.54, 1.807) is 24.3 Å². The predicted octanol–water partition coefficient (Wildman–Crippen LogP) is 3.74. The molecule has 0 aliphatic carbocycles. The minimum Gasteiger partial charge on any atom is -0.491 e. The van der Waals surface area contributed by atoms with E-state index in [9.17, 15) is 4.79 Å². The highest BCUT2D eigenvalue weighted by molar-refractivity contribution is 7.80. The number of carbonyl (C=O) groups excluding carboxylic acids is 1. The van der Waals surface area contributed by atoms with Crippen molar-refractivity contribution in [1.82, 2.24) is 15.5 Å². The maximum Gasteiger partial charge on any atom is 0.257 e. The molecule has 0 atom stereocenters. The van der Waals surface area contributed by atoms with Gasteiger partial charge in [0.25, 0.3) is 5.91 Å². The number of nitrogens with one attached hydrogen (secondary N) is 2. The first-order valence-electron chi connectivity index (χ1n) is 10.1. The topological polar surface area (TPSA) is 53.6 Å². The number of thiocarbonyl (C=S) groups is 1. The van der Waals surface area contributed by atoms with Gasteiger partial charge in [-0.05, 0) is 68.7 Å². The Morgan fingerprint density at radius 1 is 1.10 bits per heavy atom. The Balaban J connectivity index is 1.41. The molecular formula is C23H29N3O2S. The molecule has 0 spiro atoms. The summed E-state index contributed by atoms with van der Waals surface area (Å²) in [6.45, 7) is 6.94. The molecule has 1 heterocycles. The second-order valence-corrected chi connectivity index (χ2v) is 8.06. The summed E-state index contributed by atoms with van der Waals surface area (Å²) in [7, 11) is 0. The summed E-state index contributed by atoms with van der Waals surface area (Å²) in [5, 5.41) is 6.46. The Morgan fingerprint density at radius 2 is 1.76 bits per heavy atom. The monoisotopic (exact) mass is 411 g/mol. The first-order valence-corrected chi connectivity index (χ1v) is 10.6. The molecule has 3 rings (SSSR count). The van der Waals surface area contributed by atoms with Crippen LogP contribution in [-0.2, 0) is 6.54 Å². The summed E-state index contributed by atoms with van der Waals surface area (Å²) in [5.74, 6) is 0.541. The second kappa shape index (κ2) is 10.4. The first-order chi connectivity index (χ1) is 14.0. The minimum absolute atomic E-state index is 0.102. The van der Waals surface area contributed by atoms with Crippen LogP contribution >= 0.6 is 12.2 Å². The van der Waals surface area contributed by atoms with Gasteiger partial charge < -0.3 is 10.1 Å². The van der Waals surface area contributed by atoms with E-state index in [2.05, 4.69) is 39.8 Å². The Bertz CT molecular complexity index is 801. The molecule has 154 valence electrons. The zero-order valence-electron chi connectivity index (χ0n) is 17.1. The number of likely N-dealkylation sites (tertiary alicyclic amines) is 1. The maximum atomic E-state index is 12.4. The standard InChI is InChI=1S/C23H29N3O2S/c1-17(2)28-21-10-8-19(9-11-21)22(27)25-23(29)24-20-12-14-26(15-13-20)16-18-6-4-3-5-7-18/h3-11,17,20H,12-16H2,1-2H3,(H2,24,25,27,29). The van der Waals surface area contributed by atoms with Crippen LogP contribution in [0.4, 0.5) is 0 Å². The van der Waals surface area contributed by atoms with Gasteiger partial charge in [-0.15, -0.1) is 0 Å². The van der Waals surface area contributed by atoms with Gasteiger partial charge in [0.15, 0.2) is 5.11 Å². The van der Waals surface area contributed by atoms with Crippen molar-refractivity contribution >= 4 is 23.2 Å². The molecule has 2 aromatic rings. The van der Waals surface area contributed by atoms with E-state index in [1.165, 1.54) is 5.56 Å². The Morgan fingerprint density at radius 3 is 2.38 bits per heavy atom. The molecule has 2 N–H and O–H groups in total. The fourth-order valence-electron chi connectivity index (χ4n) is 3.43. The second-order valence-electron chi connectivity index (χ2n) is 7.65. The zero-order chi connectivity index (χ0) is 20.6. The van der Waals surface area contributed by atoms with Crippen molar-refractivity contribution in [3.05, 3.63) is 65.7 Å². The Hall–Kier alpha value is -2.44. The third kappa shape index (κ3) is 6.84. The average molecular weight is 412 g/mol. The van der Waals surface area contributed by atoms with Crippen LogP contribution in [0.2, 0.25) is 0 Å². The van der Waals surface area contributed by atoms with E-state index in [0.717, 1.165) is 38.2 Å². The number of piperidine rings is 1. The molecular weight excluding hydrogens is 382 g/mol. The molecule has 6 heteroatoms. The van der Waals surface area contributed by atoms with Crippen molar-refractivity contribution in [3.63, 3.8) is 0 Å². The van der Waals surface area contributed by atoms with E-state index < -0.39 is 0 Å². The van der Waals surface area contributed by atoms with E-state index in [1.807, 2.05) is 19.9 Å². The van der Waals surface area contributed by atoms with Gasteiger partial charge in [0.1, 0.15) is 5.75 Å². The van der Waals surface area contributed by atoms with Crippen LogP contribution in [0, 0.1) is 0 Å². The summed E-state index contributed by atoms with van der Waals surface area (Å²) >= 11 is 5.35. The highest BCUT2D eigenvalue weighted by Crippen LogP contribution is 2.15. The molecule has 0 radical (unpaired) electrons. The lowest BCUT2D eigenvalue weighted by molar-refractivity contribution is 0.0976. The average Bonchev–Trinajstić information content (AvgIpc) is 2.70. The van der Waals surface area contributed by atoms with Gasteiger partial charge in [-0.25, -0.2) is 0 Å². The highest BCUT2D eigenvalue weighted by atomic mass is 32.1. The fraction of sp³-hybridized carbons (Fsp3) is 0.391. The number of rotatable bonds is 6. The van der Waals surface area contributed by atoms with Gasteiger partial charge in [-0.1, -0.05) is 30.3 Å². The SMILES string of the molecule is CC(C)Oc1ccc(C(=O)NC(=S)NC2CCN(Cc3ccccc3)CC2)cc1. The number of ether oxygens (including phenoxy) is 1. The summed E-state index contributed by atoms with van der Waals surface area (Å²) in [6, 6.07) is 17.9. The normalized spacial score (nSPS) is 15.1. The van der Waals surface area contributed by atoms with E-state index in [4.69, 9.17) is 17.0 Å². The number of hydrogen-bond acceptors (Lipinski definition) is 4. The number of hydrogen-bond donors (Lipinski definition) is 2. The first kappa shape index (κ1) is 21.3. The largest absolute Gasteiger partial charge is 0.491 e. The lowest BCUT2D eigenvalue weighted by Gasteiger charge is -2.32. The van der Waals surface area contributed by atoms with Gasteiger partial charge in [0.2, 0.25) is 0 Å². The number of carbonyl (C=O) groups is 1. The van der Waals surface area contributed by atoms with Crippen LogP contribution in [0.25, 0.3) is 0 Å². The van der Waals surface area contributed by atoms with Crippen molar-refractivity contribution in [1.29, 1.82) is 0 Å². The lowest BCUT2D eigenvalue weighted by atomic mass is 10.0. The molecule has 1 aliphatic heterocycles. The molecule has 0 aromatic heterocycles. The summed E-state index contributed by atoms with van der Waals surface area (Å²) in [5.41, 5.74) is 1.90. The van der Waals surface area contributed by atoms with Crippen LogP contribution in [-0.4, -0.2) is 41.2 Å². The van der Waals surface area contributed by atoms with Crippen LogP contribution in [0.1, 0.15) is 42.6 Å². The minimum atomic E-state index is -0.208. The van der Waals surface area contributed by atoms with Crippen molar-refractivity contribution < 1.29 is 9.53 Å². The molecule has 0 unspecified atom stereocenters. The van der Waals surface area contributed by atoms with Crippen molar-refractivity contribution in [2.75, 3.05) is 13.1 Å². The fourth-order valence-corrected chi connectivity index (χ4v) is 3.69. The third-order valence-electron chi connectivity index (χ3n) is 4.89. The van der Waals surface area contributed by atoms with Gasteiger partial charge in [-0.3, -0.25) is 15.0 Å². The molecule has 1 aliphatic rings. The van der Waals surface area contributed by atoms with Crippen LogP contribution in [0.3, 0.4) is 0 Å². The Labute approximate surface area is 178 Å². The summed E-state index contributed by atoms with van der Waals surface area (Å²) in [4.78, 5) is 14.9. The van der Waals surface area contributed by atoms with Gasteiger partial charge >= 0.3 is 0 Å². The highest BCUT2D eigenvalue weighted by Gasteiger charge is 2.20. The molecule has 0 bridgehead atoms. The van der Waals surface area contributed by atoms with Crippen LogP contribution in [0.5, 0.6) is 5.75 Å². The summed E-state index contributed by atoms with van der Waals surface area (Å²) < 4.78 is 5.60. The molecule has 2 aromatic carbocycles. The quantitative estimate of drug-likeness (QED) is 0.709. The number of nitrogens with zero attached hydrogens (tertiary/aromatic N) is 1. The molecule has 29 heavy (non-hydrogen) atoms. The van der Waals surface area contributed by atoms with Crippen LogP contribution in [0.15, 0.2) is 54.6 Å². The van der Waals surface area contributed by atoms with Gasteiger partial charge in [0, 0.05) is 31.2 Å². The van der Waals surface area contributed by atoms with E-state index >= 15 is 0 Å². The van der Waals surface area contributed by atoms with Crippen molar-refractivity contribution in [2.45, 2.75) is 45.4 Å². The van der Waals surface area contributed by atoms with E-state index in [0.29, 0.717) is 10.7 Å². The van der Waals surface area contributed by atoms with Crippen molar-refractivity contribution in [3.8, 4) is 5.75 Å². The molecule has 1 saturated heterocycles. The number of benzene rings is 2. The smallest absolute Gasteiger partial charge is 0.257 e. The zero-order valence-corrected chi connectivity index (χ0v) is 17.9. The molecule has 1 fully saturated rings. The maximum absolute atomic E-state index is 12.4. The molecule has 5 nitrogen and oxygen atoms in total.